The molecule has 0 fully saturated rings. The number of carbonyl (C=O) groups is 1. The minimum atomic E-state index is -3.59. The number of thiazole rings is 1. The first-order valence-corrected chi connectivity index (χ1v) is 10.5. The van der Waals surface area contributed by atoms with Gasteiger partial charge in [-0.3, -0.25) is 0 Å². The van der Waals surface area contributed by atoms with Crippen LogP contribution in [0.15, 0.2) is 58.9 Å². The Balaban J connectivity index is 2.17. The third-order valence-corrected chi connectivity index (χ3v) is 6.42. The number of rotatable bonds is 6. The van der Waals surface area contributed by atoms with E-state index < -0.39 is 15.8 Å². The highest BCUT2D eigenvalue weighted by Crippen LogP contribution is 2.39. The molecule has 1 aromatic heterocycles. The number of esters is 1. The van der Waals surface area contributed by atoms with Gasteiger partial charge in [-0.15, -0.1) is 11.3 Å². The Bertz CT molecular complexity index is 1050. The maximum Gasteiger partial charge on any atom is 0.341 e. The minimum absolute atomic E-state index is 0.214. The molecule has 0 saturated carbocycles. The second-order valence-electron chi connectivity index (χ2n) is 5.58. The highest BCUT2D eigenvalue weighted by atomic mass is 32.2. The van der Waals surface area contributed by atoms with Crippen LogP contribution in [0.25, 0.3) is 10.6 Å². The van der Waals surface area contributed by atoms with Crippen molar-refractivity contribution in [2.45, 2.75) is 10.6 Å². The molecule has 3 rings (SSSR count). The van der Waals surface area contributed by atoms with Crippen molar-refractivity contribution in [3.63, 3.8) is 0 Å². The van der Waals surface area contributed by atoms with Gasteiger partial charge in [0.1, 0.15) is 16.3 Å². The molecule has 27 heavy (non-hydrogen) atoms. The van der Waals surface area contributed by atoms with Crippen molar-refractivity contribution in [2.75, 3.05) is 14.2 Å². The van der Waals surface area contributed by atoms with Crippen LogP contribution in [0.2, 0.25) is 0 Å². The average molecular weight is 403 g/mol. The largest absolute Gasteiger partial charge is 0.495 e. The van der Waals surface area contributed by atoms with E-state index in [2.05, 4.69) is 4.98 Å². The van der Waals surface area contributed by atoms with Gasteiger partial charge in [0.15, 0.2) is 9.84 Å². The van der Waals surface area contributed by atoms with Gasteiger partial charge < -0.3 is 9.47 Å². The predicted octanol–water partition coefficient (Wildman–Crippen LogP) is 3.58. The first-order valence-electron chi connectivity index (χ1n) is 7.93. The topological polar surface area (TPSA) is 82.6 Å². The van der Waals surface area contributed by atoms with Gasteiger partial charge in [-0.05, 0) is 23.8 Å². The van der Waals surface area contributed by atoms with Gasteiger partial charge in [-0.2, -0.15) is 0 Å². The average Bonchev–Trinajstić information content (AvgIpc) is 3.21. The van der Waals surface area contributed by atoms with E-state index >= 15 is 0 Å². The van der Waals surface area contributed by atoms with Gasteiger partial charge in [0, 0.05) is 11.6 Å². The lowest BCUT2D eigenvalue weighted by Crippen LogP contribution is -2.10. The van der Waals surface area contributed by atoms with E-state index in [0.717, 1.165) is 0 Å². The fraction of sp³-hybridized carbons (Fsp3) is 0.158. The van der Waals surface area contributed by atoms with Gasteiger partial charge in [0.25, 0.3) is 0 Å². The Hall–Kier alpha value is -2.71. The van der Waals surface area contributed by atoms with Crippen molar-refractivity contribution in [1.82, 2.24) is 4.98 Å². The van der Waals surface area contributed by atoms with E-state index in [0.29, 0.717) is 16.1 Å². The van der Waals surface area contributed by atoms with Gasteiger partial charge in [0.05, 0.1) is 30.4 Å². The lowest BCUT2D eigenvalue weighted by molar-refractivity contribution is 0.0597. The molecule has 6 nitrogen and oxygen atoms in total. The van der Waals surface area contributed by atoms with E-state index in [1.807, 2.05) is 0 Å². The summed E-state index contributed by atoms with van der Waals surface area (Å²) in [6.45, 7) is 0. The van der Waals surface area contributed by atoms with Crippen LogP contribution in [-0.2, 0) is 20.3 Å². The van der Waals surface area contributed by atoms with Crippen molar-refractivity contribution < 1.29 is 22.7 Å². The van der Waals surface area contributed by atoms with Crippen LogP contribution in [0.3, 0.4) is 0 Å². The molecule has 0 aliphatic carbocycles. The normalized spacial score (nSPS) is 11.2. The van der Waals surface area contributed by atoms with Crippen molar-refractivity contribution in [2.24, 2.45) is 0 Å². The number of benzene rings is 2. The quantitative estimate of drug-likeness (QED) is 0.585. The number of hydrogen-bond acceptors (Lipinski definition) is 7. The van der Waals surface area contributed by atoms with Crippen molar-refractivity contribution in [1.29, 1.82) is 0 Å². The Morgan fingerprint density at radius 2 is 1.85 bits per heavy atom. The maximum absolute atomic E-state index is 12.8. The molecule has 8 heteroatoms. The summed E-state index contributed by atoms with van der Waals surface area (Å²) in [5, 5.41) is 2.34. The predicted molar refractivity (Wildman–Crippen MR) is 103 cm³/mol. The van der Waals surface area contributed by atoms with E-state index in [4.69, 9.17) is 9.47 Å². The second kappa shape index (κ2) is 7.89. The highest BCUT2D eigenvalue weighted by molar-refractivity contribution is 7.90. The molecule has 0 saturated heterocycles. The standard InChI is InChI=1S/C19H17NO5S2/c1-24-17-15(19(21)25-2)9-8-13(16(17)18-20-10-11-26-18)12-27(22,23)14-6-4-3-5-7-14/h3-11H,12H2,1-2H3. The fourth-order valence-electron chi connectivity index (χ4n) is 2.72. The molecule has 0 atom stereocenters. The monoisotopic (exact) mass is 403 g/mol. The molecular weight excluding hydrogens is 386 g/mol. The van der Waals surface area contributed by atoms with E-state index in [1.165, 1.54) is 31.6 Å². The molecule has 3 aromatic rings. The first-order chi connectivity index (χ1) is 13.0. The van der Waals surface area contributed by atoms with E-state index in [1.54, 1.807) is 48.0 Å². The lowest BCUT2D eigenvalue weighted by atomic mass is 10.0. The molecule has 0 spiro atoms. The lowest BCUT2D eigenvalue weighted by Gasteiger charge is -2.15. The van der Waals surface area contributed by atoms with Crippen molar-refractivity contribution >= 4 is 27.1 Å². The van der Waals surface area contributed by atoms with Gasteiger partial charge >= 0.3 is 5.97 Å². The summed E-state index contributed by atoms with van der Waals surface area (Å²) in [5.74, 6) is -0.566. The van der Waals surface area contributed by atoms with Gasteiger partial charge in [-0.25, -0.2) is 18.2 Å². The van der Waals surface area contributed by atoms with Gasteiger partial charge in [0.2, 0.25) is 0 Å². The van der Waals surface area contributed by atoms with Crippen LogP contribution >= 0.6 is 11.3 Å². The number of nitrogens with zero attached hydrogens (tertiary/aromatic N) is 1. The summed E-state index contributed by atoms with van der Waals surface area (Å²) < 4.78 is 36.0. The highest BCUT2D eigenvalue weighted by Gasteiger charge is 2.25. The number of aromatic nitrogens is 1. The number of methoxy groups -OCH3 is 2. The van der Waals surface area contributed by atoms with Crippen LogP contribution in [0.4, 0.5) is 0 Å². The Labute approximate surface area is 161 Å². The Kier molecular flexibility index (Phi) is 5.57. The van der Waals surface area contributed by atoms with Crippen LogP contribution in [0.5, 0.6) is 5.75 Å². The molecule has 0 aliphatic heterocycles. The van der Waals surface area contributed by atoms with Crippen LogP contribution < -0.4 is 4.74 Å². The molecular formula is C19H17NO5S2. The van der Waals surface area contributed by atoms with Crippen molar-refractivity contribution in [3.8, 4) is 16.3 Å². The minimum Gasteiger partial charge on any atom is -0.495 e. The third-order valence-electron chi connectivity index (χ3n) is 3.95. The molecule has 140 valence electrons. The fourth-order valence-corrected chi connectivity index (χ4v) is 4.83. The summed E-state index contributed by atoms with van der Waals surface area (Å²) in [5.41, 5.74) is 1.19. The SMILES string of the molecule is COC(=O)c1ccc(CS(=O)(=O)c2ccccc2)c(-c2nccs2)c1OC. The molecule has 0 bridgehead atoms. The first kappa shape index (κ1) is 19.1. The second-order valence-corrected chi connectivity index (χ2v) is 8.47. The molecule has 0 N–H and O–H groups in total. The number of carbonyl (C=O) groups excluding carboxylic acids is 1. The van der Waals surface area contributed by atoms with E-state index in [9.17, 15) is 13.2 Å². The summed E-state index contributed by atoms with van der Waals surface area (Å²) in [7, 11) is -0.884. The molecule has 0 aliphatic rings. The zero-order valence-electron chi connectivity index (χ0n) is 14.7. The third kappa shape index (κ3) is 3.86. The molecule has 0 amide bonds. The van der Waals surface area contributed by atoms with Crippen LogP contribution in [0.1, 0.15) is 15.9 Å². The van der Waals surface area contributed by atoms with Crippen LogP contribution in [0, 0.1) is 0 Å². The molecule has 0 radical (unpaired) electrons. The van der Waals surface area contributed by atoms with Crippen molar-refractivity contribution in [3.05, 3.63) is 65.2 Å². The number of sulfone groups is 1. The number of hydrogen-bond donors (Lipinski definition) is 0. The van der Waals surface area contributed by atoms with Crippen LogP contribution in [-0.4, -0.2) is 33.6 Å². The summed E-state index contributed by atoms with van der Waals surface area (Å²) in [6.07, 6.45) is 1.61. The smallest absolute Gasteiger partial charge is 0.341 e. The zero-order valence-corrected chi connectivity index (χ0v) is 16.3. The summed E-state index contributed by atoms with van der Waals surface area (Å²) in [6, 6.07) is 11.3. The Morgan fingerprint density at radius 3 is 2.44 bits per heavy atom. The molecule has 2 aromatic carbocycles. The zero-order chi connectivity index (χ0) is 19.4. The maximum atomic E-state index is 12.8. The number of ether oxygens (including phenoxy) is 2. The summed E-state index contributed by atoms with van der Waals surface area (Å²) >= 11 is 1.33. The van der Waals surface area contributed by atoms with Gasteiger partial charge in [-0.1, -0.05) is 24.3 Å². The van der Waals surface area contributed by atoms with E-state index in [-0.39, 0.29) is 22.0 Å². The Morgan fingerprint density at radius 1 is 1.11 bits per heavy atom. The molecule has 0 unspecified atom stereocenters. The summed E-state index contributed by atoms with van der Waals surface area (Å²) in [4.78, 5) is 16.6. The molecule has 1 heterocycles.